The molecule has 0 N–H and O–H groups in total. The maximum atomic E-state index is 2.46. The summed E-state index contributed by atoms with van der Waals surface area (Å²) in [6.45, 7) is 0. The van der Waals surface area contributed by atoms with E-state index in [0.29, 0.717) is 0 Å². The SMILES string of the molecule is c1ccc2c(c1)c1ccccc1n2-c1cccc2c3ccccc3n(-c3ccc(-n4c5ccccc5c5cccc(-n6c7ccccc7c7ccccc76)c54)cc3)c12. The van der Waals surface area contributed by atoms with Gasteiger partial charge in [-0.3, -0.25) is 0 Å². The molecule has 13 aromatic rings. The van der Waals surface area contributed by atoms with Gasteiger partial charge in [-0.1, -0.05) is 133 Å². The first-order valence-electron chi connectivity index (χ1n) is 20.0. The van der Waals surface area contributed by atoms with Gasteiger partial charge >= 0.3 is 0 Å². The van der Waals surface area contributed by atoms with E-state index < -0.39 is 0 Å². The number of rotatable bonds is 4. The first-order chi connectivity index (χ1) is 28.8. The molecule has 4 heterocycles. The molecule has 4 aromatic heterocycles. The largest absolute Gasteiger partial charge is 0.307 e. The van der Waals surface area contributed by atoms with Crippen molar-refractivity contribution in [2.45, 2.75) is 0 Å². The molecule has 0 aliphatic rings. The number of benzene rings is 9. The highest BCUT2D eigenvalue weighted by Gasteiger charge is 2.22. The topological polar surface area (TPSA) is 19.7 Å². The second kappa shape index (κ2) is 11.8. The first-order valence-corrected chi connectivity index (χ1v) is 20.0. The zero-order valence-corrected chi connectivity index (χ0v) is 31.4. The molecule has 0 atom stereocenters. The van der Waals surface area contributed by atoms with Gasteiger partial charge in [0.1, 0.15) is 0 Å². The van der Waals surface area contributed by atoms with Gasteiger partial charge in [0.15, 0.2) is 0 Å². The number of hydrogen-bond acceptors (Lipinski definition) is 0. The molecule has 0 unspecified atom stereocenters. The number of para-hydroxylation sites is 8. The normalized spacial score (nSPS) is 12.1. The predicted octanol–water partition coefficient (Wildman–Crippen LogP) is 14.1. The van der Waals surface area contributed by atoms with E-state index in [1.165, 1.54) is 87.2 Å². The number of aromatic nitrogens is 4. The van der Waals surface area contributed by atoms with Gasteiger partial charge in [-0.05, 0) is 72.8 Å². The summed E-state index contributed by atoms with van der Waals surface area (Å²) in [5, 5.41) is 9.98. The van der Waals surface area contributed by atoms with Crippen molar-refractivity contribution >= 4 is 87.2 Å². The van der Waals surface area contributed by atoms with Crippen LogP contribution in [0.5, 0.6) is 0 Å². The molecule has 58 heavy (non-hydrogen) atoms. The van der Waals surface area contributed by atoms with Gasteiger partial charge in [-0.25, -0.2) is 0 Å². The van der Waals surface area contributed by atoms with E-state index in [4.69, 9.17) is 0 Å². The lowest BCUT2D eigenvalue weighted by molar-refractivity contribution is 1.11. The van der Waals surface area contributed by atoms with Crippen LogP contribution in [0, 0.1) is 0 Å². The summed E-state index contributed by atoms with van der Waals surface area (Å²) in [5.74, 6) is 0. The number of hydrogen-bond donors (Lipinski definition) is 0. The van der Waals surface area contributed by atoms with Crippen molar-refractivity contribution in [2.24, 2.45) is 0 Å². The van der Waals surface area contributed by atoms with E-state index in [0.717, 1.165) is 22.7 Å². The fraction of sp³-hybridized carbons (Fsp3) is 0. The second-order valence-electron chi connectivity index (χ2n) is 15.3. The molecular formula is C54H34N4. The Kier molecular flexibility index (Phi) is 6.41. The minimum absolute atomic E-state index is 1.12. The van der Waals surface area contributed by atoms with Crippen LogP contribution < -0.4 is 0 Å². The van der Waals surface area contributed by atoms with Crippen LogP contribution in [0.1, 0.15) is 0 Å². The quantitative estimate of drug-likeness (QED) is 0.171. The van der Waals surface area contributed by atoms with Gasteiger partial charge in [0, 0.05) is 54.5 Å². The molecule has 0 spiro atoms. The summed E-state index contributed by atoms with van der Waals surface area (Å²) in [6, 6.07) is 75.4. The first kappa shape index (κ1) is 31.4. The van der Waals surface area contributed by atoms with Crippen LogP contribution in [-0.4, -0.2) is 18.3 Å². The highest BCUT2D eigenvalue weighted by Crippen LogP contribution is 2.42. The monoisotopic (exact) mass is 738 g/mol. The molecule has 270 valence electrons. The zero-order valence-electron chi connectivity index (χ0n) is 31.4. The Morgan fingerprint density at radius 2 is 0.431 bits per heavy atom. The molecule has 0 saturated carbocycles. The molecule has 4 nitrogen and oxygen atoms in total. The molecule has 0 radical (unpaired) electrons. The van der Waals surface area contributed by atoms with Crippen molar-refractivity contribution in [2.75, 3.05) is 0 Å². The van der Waals surface area contributed by atoms with Crippen LogP contribution in [0.25, 0.3) is 110 Å². The average Bonchev–Trinajstić information content (AvgIpc) is 4.02. The van der Waals surface area contributed by atoms with E-state index in [9.17, 15) is 0 Å². The van der Waals surface area contributed by atoms with E-state index >= 15 is 0 Å². The van der Waals surface area contributed by atoms with Crippen LogP contribution in [0.2, 0.25) is 0 Å². The maximum absolute atomic E-state index is 2.46. The Labute approximate surface area is 333 Å². The Morgan fingerprint density at radius 3 is 0.741 bits per heavy atom. The highest BCUT2D eigenvalue weighted by molar-refractivity contribution is 6.17. The summed E-state index contributed by atoms with van der Waals surface area (Å²) in [7, 11) is 0. The molecule has 0 aliphatic heterocycles. The lowest BCUT2D eigenvalue weighted by atomic mass is 10.1. The van der Waals surface area contributed by atoms with Crippen molar-refractivity contribution in [3.05, 3.63) is 206 Å². The molecule has 0 saturated heterocycles. The number of nitrogens with zero attached hydrogens (tertiary/aromatic N) is 4. The van der Waals surface area contributed by atoms with Crippen LogP contribution in [0.15, 0.2) is 206 Å². The van der Waals surface area contributed by atoms with Crippen LogP contribution in [0.4, 0.5) is 0 Å². The van der Waals surface area contributed by atoms with Crippen molar-refractivity contribution in [3.8, 4) is 22.7 Å². The average molecular weight is 739 g/mol. The van der Waals surface area contributed by atoms with Crippen molar-refractivity contribution in [1.29, 1.82) is 0 Å². The van der Waals surface area contributed by atoms with Crippen LogP contribution in [-0.2, 0) is 0 Å². The second-order valence-corrected chi connectivity index (χ2v) is 15.3. The predicted molar refractivity (Wildman–Crippen MR) is 244 cm³/mol. The summed E-state index contributed by atoms with van der Waals surface area (Å²) >= 11 is 0. The van der Waals surface area contributed by atoms with Crippen LogP contribution >= 0.6 is 0 Å². The van der Waals surface area contributed by atoms with E-state index in [2.05, 4.69) is 225 Å². The summed E-state index contributed by atoms with van der Waals surface area (Å²) in [5.41, 5.74) is 14.1. The molecular weight excluding hydrogens is 705 g/mol. The van der Waals surface area contributed by atoms with E-state index in [-0.39, 0.29) is 0 Å². The summed E-state index contributed by atoms with van der Waals surface area (Å²) in [6.07, 6.45) is 0. The minimum Gasteiger partial charge on any atom is -0.307 e. The summed E-state index contributed by atoms with van der Waals surface area (Å²) in [4.78, 5) is 0. The van der Waals surface area contributed by atoms with Gasteiger partial charge in [0.2, 0.25) is 0 Å². The third-order valence-electron chi connectivity index (χ3n) is 12.4. The number of fused-ring (bicyclic) bond motifs is 12. The summed E-state index contributed by atoms with van der Waals surface area (Å²) < 4.78 is 9.82. The fourth-order valence-electron chi connectivity index (χ4n) is 10.0. The molecule has 13 rings (SSSR count). The maximum Gasteiger partial charge on any atom is 0.0782 e. The van der Waals surface area contributed by atoms with Crippen LogP contribution in [0.3, 0.4) is 0 Å². The Balaban J connectivity index is 1.07. The fourth-order valence-corrected chi connectivity index (χ4v) is 10.0. The molecule has 0 fully saturated rings. The van der Waals surface area contributed by atoms with Gasteiger partial charge in [0.25, 0.3) is 0 Å². The Bertz CT molecular complexity index is 3440. The van der Waals surface area contributed by atoms with E-state index in [1.807, 2.05) is 0 Å². The van der Waals surface area contributed by atoms with Gasteiger partial charge in [0.05, 0.1) is 55.5 Å². The minimum atomic E-state index is 1.12. The molecule has 0 amide bonds. The third-order valence-corrected chi connectivity index (χ3v) is 12.4. The standard InChI is InChI=1S/C54H34N4/c1-9-25-47-37(15-1)38-16-2-10-26-48(38)57(47)51-29-13-21-43-41-19-5-7-23-45(41)55(53(43)51)35-31-33-36(34-32-35)56-46-24-8-6-20-42(46)44-22-14-30-52(54(44)56)58-49-27-11-3-17-39(49)40-18-4-12-28-50(40)58/h1-34H. The lowest BCUT2D eigenvalue weighted by Gasteiger charge is -2.16. The van der Waals surface area contributed by atoms with Crippen molar-refractivity contribution in [3.63, 3.8) is 0 Å². The third kappa shape index (κ3) is 4.18. The van der Waals surface area contributed by atoms with Crippen molar-refractivity contribution < 1.29 is 0 Å². The lowest BCUT2D eigenvalue weighted by Crippen LogP contribution is -2.02. The molecule has 9 aromatic carbocycles. The van der Waals surface area contributed by atoms with Gasteiger partial charge in [-0.15, -0.1) is 0 Å². The molecule has 0 aliphatic carbocycles. The molecule has 0 bridgehead atoms. The van der Waals surface area contributed by atoms with Gasteiger partial charge in [-0.2, -0.15) is 0 Å². The Morgan fingerprint density at radius 1 is 0.190 bits per heavy atom. The zero-order chi connectivity index (χ0) is 37.9. The smallest absolute Gasteiger partial charge is 0.0782 e. The van der Waals surface area contributed by atoms with Gasteiger partial charge < -0.3 is 18.3 Å². The Hall–Kier alpha value is -7.82. The molecule has 4 heteroatoms. The van der Waals surface area contributed by atoms with Crippen molar-refractivity contribution in [1.82, 2.24) is 18.3 Å². The van der Waals surface area contributed by atoms with E-state index in [1.54, 1.807) is 0 Å². The highest BCUT2D eigenvalue weighted by atomic mass is 15.1.